The lowest BCUT2D eigenvalue weighted by atomic mass is 9.69. The minimum Gasteiger partial charge on any atom is -0.481 e. The molecule has 1 N–H and O–H groups in total. The predicted molar refractivity (Wildman–Crippen MR) is 78.4 cm³/mol. The molecule has 1 saturated carbocycles. The quantitative estimate of drug-likeness (QED) is 0.899. The second-order valence-corrected chi connectivity index (χ2v) is 6.43. The van der Waals surface area contributed by atoms with Crippen LogP contribution in [-0.4, -0.2) is 20.9 Å². The molecule has 20 heavy (non-hydrogen) atoms. The molecule has 1 aliphatic carbocycles. The summed E-state index contributed by atoms with van der Waals surface area (Å²) < 4.78 is 1.91. The molecule has 4 heteroatoms. The summed E-state index contributed by atoms with van der Waals surface area (Å²) in [6.07, 6.45) is 7.70. The van der Waals surface area contributed by atoms with E-state index in [0.29, 0.717) is 11.8 Å². The van der Waals surface area contributed by atoms with Gasteiger partial charge in [-0.1, -0.05) is 13.8 Å². The minimum atomic E-state index is -0.625. The highest BCUT2D eigenvalue weighted by molar-refractivity contribution is 5.70. The van der Waals surface area contributed by atoms with E-state index in [0.717, 1.165) is 32.2 Å². The lowest BCUT2D eigenvalue weighted by molar-refractivity contribution is -0.145. The zero-order valence-electron chi connectivity index (χ0n) is 12.7. The van der Waals surface area contributed by atoms with Crippen LogP contribution in [0.15, 0.2) is 12.4 Å². The van der Waals surface area contributed by atoms with Crippen LogP contribution < -0.4 is 0 Å². The summed E-state index contributed by atoms with van der Waals surface area (Å²) in [5, 5.41) is 13.7. The van der Waals surface area contributed by atoms with Crippen molar-refractivity contribution in [2.24, 2.45) is 23.7 Å². The Balaban J connectivity index is 2.08. The molecule has 0 amide bonds. The van der Waals surface area contributed by atoms with Gasteiger partial charge in [0.25, 0.3) is 0 Å². The van der Waals surface area contributed by atoms with Crippen molar-refractivity contribution >= 4 is 5.97 Å². The number of carbonyl (C=O) groups is 1. The highest BCUT2D eigenvalue weighted by Crippen LogP contribution is 2.39. The van der Waals surface area contributed by atoms with Crippen LogP contribution in [0.2, 0.25) is 0 Å². The van der Waals surface area contributed by atoms with Gasteiger partial charge in [-0.3, -0.25) is 9.48 Å². The number of nitrogens with zero attached hydrogens (tertiary/aromatic N) is 2. The normalized spacial score (nSPS) is 26.9. The van der Waals surface area contributed by atoms with Gasteiger partial charge in [0.1, 0.15) is 0 Å². The summed E-state index contributed by atoms with van der Waals surface area (Å²) in [5.41, 5.74) is 1.17. The average molecular weight is 278 g/mol. The first kappa shape index (κ1) is 15.1. The molecule has 0 aromatic carbocycles. The third-order valence-electron chi connectivity index (χ3n) is 4.79. The Hall–Kier alpha value is -1.32. The van der Waals surface area contributed by atoms with Gasteiger partial charge in [0.2, 0.25) is 0 Å². The van der Waals surface area contributed by atoms with E-state index in [1.165, 1.54) is 5.56 Å². The van der Waals surface area contributed by atoms with E-state index in [2.05, 4.69) is 32.1 Å². The van der Waals surface area contributed by atoms with Gasteiger partial charge in [0.15, 0.2) is 0 Å². The van der Waals surface area contributed by atoms with Crippen molar-refractivity contribution in [3.63, 3.8) is 0 Å². The Bertz CT molecular complexity index is 453. The fourth-order valence-corrected chi connectivity index (χ4v) is 3.44. The van der Waals surface area contributed by atoms with Gasteiger partial charge in [-0.2, -0.15) is 5.10 Å². The number of rotatable bonds is 5. The smallest absolute Gasteiger partial charge is 0.306 e. The minimum absolute atomic E-state index is 0.185. The summed E-state index contributed by atoms with van der Waals surface area (Å²) in [5.74, 6) is 0.751. The Morgan fingerprint density at radius 2 is 2.25 bits per heavy atom. The number of aliphatic carboxylic acids is 1. The van der Waals surface area contributed by atoms with E-state index >= 15 is 0 Å². The van der Waals surface area contributed by atoms with E-state index in [-0.39, 0.29) is 11.8 Å². The zero-order chi connectivity index (χ0) is 14.7. The first-order valence-corrected chi connectivity index (χ1v) is 7.75. The van der Waals surface area contributed by atoms with Gasteiger partial charge in [-0.05, 0) is 55.9 Å². The van der Waals surface area contributed by atoms with E-state index < -0.39 is 5.97 Å². The summed E-state index contributed by atoms with van der Waals surface area (Å²) >= 11 is 0. The molecule has 0 aliphatic heterocycles. The van der Waals surface area contributed by atoms with Crippen molar-refractivity contribution in [1.82, 2.24) is 9.78 Å². The third-order valence-corrected chi connectivity index (χ3v) is 4.79. The largest absolute Gasteiger partial charge is 0.481 e. The van der Waals surface area contributed by atoms with Crippen molar-refractivity contribution < 1.29 is 9.90 Å². The predicted octanol–water partition coefficient (Wildman–Crippen LogP) is 3.22. The van der Waals surface area contributed by atoms with Crippen molar-refractivity contribution in [2.45, 2.75) is 53.0 Å². The maximum atomic E-state index is 11.5. The van der Waals surface area contributed by atoms with Crippen LogP contribution in [0.4, 0.5) is 0 Å². The molecule has 0 radical (unpaired) electrons. The van der Waals surface area contributed by atoms with Crippen LogP contribution in [0.1, 0.15) is 45.6 Å². The molecule has 0 spiro atoms. The molecule has 4 nitrogen and oxygen atoms in total. The Labute approximate surface area is 121 Å². The summed E-state index contributed by atoms with van der Waals surface area (Å²) in [4.78, 5) is 11.5. The van der Waals surface area contributed by atoms with E-state index in [1.807, 2.05) is 10.9 Å². The molecular weight excluding hydrogens is 252 g/mol. The van der Waals surface area contributed by atoms with Crippen molar-refractivity contribution in [2.75, 3.05) is 0 Å². The Morgan fingerprint density at radius 1 is 1.50 bits per heavy atom. The van der Waals surface area contributed by atoms with Crippen LogP contribution in [0, 0.1) is 23.7 Å². The van der Waals surface area contributed by atoms with Crippen molar-refractivity contribution in [3.8, 4) is 0 Å². The molecule has 2 rings (SSSR count). The number of hydrogen-bond acceptors (Lipinski definition) is 2. The van der Waals surface area contributed by atoms with Gasteiger partial charge in [-0.15, -0.1) is 0 Å². The number of carboxylic acid groups (broad SMARTS) is 1. The first-order valence-electron chi connectivity index (χ1n) is 7.75. The molecule has 0 bridgehead atoms. The molecule has 1 aromatic heterocycles. The second kappa shape index (κ2) is 6.42. The maximum absolute atomic E-state index is 11.5. The molecule has 1 fully saturated rings. The third kappa shape index (κ3) is 3.41. The molecule has 1 aromatic rings. The van der Waals surface area contributed by atoms with Gasteiger partial charge in [0, 0.05) is 12.7 Å². The van der Waals surface area contributed by atoms with E-state index in [1.54, 1.807) is 0 Å². The zero-order valence-corrected chi connectivity index (χ0v) is 12.7. The lowest BCUT2D eigenvalue weighted by Gasteiger charge is -2.35. The SMILES string of the molecule is CCn1cc(CC2CC(C(C)C)CCC2C(=O)O)cn1. The van der Waals surface area contributed by atoms with E-state index in [4.69, 9.17) is 0 Å². The standard InChI is InChI=1S/C16H26N2O2/c1-4-18-10-12(9-17-18)7-14-8-13(11(2)3)5-6-15(14)16(19)20/h9-11,13-15H,4-8H2,1-3H3,(H,19,20). The fourth-order valence-electron chi connectivity index (χ4n) is 3.44. The number of hydrogen-bond donors (Lipinski definition) is 1. The monoisotopic (exact) mass is 278 g/mol. The number of carboxylic acids is 1. The molecule has 1 aliphatic rings. The average Bonchev–Trinajstić information content (AvgIpc) is 2.86. The topological polar surface area (TPSA) is 55.1 Å². The molecule has 3 atom stereocenters. The summed E-state index contributed by atoms with van der Waals surface area (Å²) in [6.45, 7) is 7.42. The molecule has 3 unspecified atom stereocenters. The molecule has 112 valence electrons. The maximum Gasteiger partial charge on any atom is 0.306 e. The van der Waals surface area contributed by atoms with Crippen molar-refractivity contribution in [3.05, 3.63) is 18.0 Å². The molecule has 1 heterocycles. The van der Waals surface area contributed by atoms with Gasteiger partial charge in [-0.25, -0.2) is 0 Å². The number of aromatic nitrogens is 2. The van der Waals surface area contributed by atoms with Gasteiger partial charge in [0.05, 0.1) is 12.1 Å². The van der Waals surface area contributed by atoms with Crippen LogP contribution in [0.3, 0.4) is 0 Å². The van der Waals surface area contributed by atoms with Gasteiger partial charge >= 0.3 is 5.97 Å². The molecular formula is C16H26N2O2. The highest BCUT2D eigenvalue weighted by Gasteiger charge is 2.35. The van der Waals surface area contributed by atoms with Crippen LogP contribution in [0.5, 0.6) is 0 Å². The van der Waals surface area contributed by atoms with Gasteiger partial charge < -0.3 is 5.11 Å². The van der Waals surface area contributed by atoms with Crippen LogP contribution in [0.25, 0.3) is 0 Å². The highest BCUT2D eigenvalue weighted by atomic mass is 16.4. The van der Waals surface area contributed by atoms with Crippen molar-refractivity contribution in [1.29, 1.82) is 0 Å². The lowest BCUT2D eigenvalue weighted by Crippen LogP contribution is -2.33. The summed E-state index contributed by atoms with van der Waals surface area (Å²) in [6, 6.07) is 0. The number of aryl methyl sites for hydroxylation is 1. The van der Waals surface area contributed by atoms with E-state index in [9.17, 15) is 9.90 Å². The Kier molecular flexibility index (Phi) is 4.84. The summed E-state index contributed by atoms with van der Waals surface area (Å²) in [7, 11) is 0. The van der Waals surface area contributed by atoms with Crippen LogP contribution in [-0.2, 0) is 17.8 Å². The second-order valence-electron chi connectivity index (χ2n) is 6.43. The fraction of sp³-hybridized carbons (Fsp3) is 0.750. The van der Waals surface area contributed by atoms with Crippen LogP contribution >= 0.6 is 0 Å². The molecule has 0 saturated heterocycles. The Morgan fingerprint density at radius 3 is 2.80 bits per heavy atom. The first-order chi connectivity index (χ1) is 9.51.